The van der Waals surface area contributed by atoms with Crippen LogP contribution in [-0.2, 0) is 6.54 Å². The fraction of sp³-hybridized carbons (Fsp3) is 0.316. The summed E-state index contributed by atoms with van der Waals surface area (Å²) in [6, 6.07) is 18.5. The van der Waals surface area contributed by atoms with Crippen molar-refractivity contribution in [3.05, 3.63) is 60.2 Å². The molecule has 0 saturated carbocycles. The molecule has 0 atom stereocenters. The first kappa shape index (κ1) is 16.9. The van der Waals surface area contributed by atoms with Crippen LogP contribution in [0.5, 0.6) is 0 Å². The molecule has 1 aliphatic rings. The maximum absolute atomic E-state index is 5.36. The minimum absolute atomic E-state index is 0.605. The van der Waals surface area contributed by atoms with Gasteiger partial charge in [-0.3, -0.25) is 4.90 Å². The third kappa shape index (κ3) is 5.03. The van der Waals surface area contributed by atoms with E-state index in [0.717, 1.165) is 44.1 Å². The lowest BCUT2D eigenvalue weighted by molar-refractivity contribution is 0.148. The molecule has 0 unspecified atom stereocenters. The number of para-hydroxylation sites is 1. The smallest absolute Gasteiger partial charge is 0.175 e. The van der Waals surface area contributed by atoms with Gasteiger partial charge in [0, 0.05) is 44.1 Å². The van der Waals surface area contributed by atoms with Crippen LogP contribution in [0.15, 0.2) is 54.6 Å². The molecule has 0 amide bonds. The van der Waals surface area contributed by atoms with Gasteiger partial charge in [0.15, 0.2) is 5.11 Å². The molecule has 0 bridgehead atoms. The predicted octanol–water partition coefficient (Wildman–Crippen LogP) is 3.24. The van der Waals surface area contributed by atoms with Crippen molar-refractivity contribution in [1.29, 1.82) is 0 Å². The molecule has 2 N–H and O–H groups in total. The van der Waals surface area contributed by atoms with Crippen molar-refractivity contribution >= 4 is 28.7 Å². The van der Waals surface area contributed by atoms with Gasteiger partial charge >= 0.3 is 0 Å². The number of rotatable bonds is 4. The Morgan fingerprint density at radius 1 is 0.875 bits per heavy atom. The summed E-state index contributed by atoms with van der Waals surface area (Å²) >= 11 is 5.36. The number of thiocarbonyl (C=S) groups is 1. The number of nitrogens with one attached hydrogen (secondary N) is 2. The molecule has 5 heteroatoms. The number of hydrogen-bond donors (Lipinski definition) is 2. The molecule has 1 fully saturated rings. The first-order chi connectivity index (χ1) is 11.7. The molecule has 1 saturated heterocycles. The van der Waals surface area contributed by atoms with Crippen molar-refractivity contribution < 1.29 is 0 Å². The van der Waals surface area contributed by atoms with Crippen molar-refractivity contribution in [3.8, 4) is 0 Å². The lowest BCUT2D eigenvalue weighted by Crippen LogP contribution is -2.43. The Hall–Kier alpha value is -1.95. The molecule has 1 aliphatic heterocycles. The van der Waals surface area contributed by atoms with Gasteiger partial charge in [0.25, 0.3) is 0 Å². The first-order valence-corrected chi connectivity index (χ1v) is 8.73. The predicted molar refractivity (Wildman–Crippen MR) is 106 cm³/mol. The topological polar surface area (TPSA) is 30.5 Å². The molecular weight excluding hydrogens is 316 g/mol. The minimum Gasteiger partial charge on any atom is -0.332 e. The highest BCUT2D eigenvalue weighted by Crippen LogP contribution is 2.13. The lowest BCUT2D eigenvalue weighted by atomic mass is 10.2. The summed E-state index contributed by atoms with van der Waals surface area (Å²) in [5.74, 6) is 0. The number of nitrogens with zero attached hydrogens (tertiary/aromatic N) is 2. The lowest BCUT2D eigenvalue weighted by Gasteiger charge is -2.32. The van der Waals surface area contributed by atoms with E-state index in [1.54, 1.807) is 0 Å². The Balaban J connectivity index is 1.50. The second kappa shape index (κ2) is 8.24. The highest BCUT2D eigenvalue weighted by atomic mass is 32.1. The van der Waals surface area contributed by atoms with Crippen LogP contribution in [0, 0.1) is 0 Å². The largest absolute Gasteiger partial charge is 0.332 e. The molecule has 0 aliphatic carbocycles. The average Bonchev–Trinajstić information content (AvgIpc) is 2.59. The summed E-state index contributed by atoms with van der Waals surface area (Å²) in [5, 5.41) is 7.01. The van der Waals surface area contributed by atoms with Crippen molar-refractivity contribution in [2.75, 3.05) is 43.9 Å². The fourth-order valence-corrected chi connectivity index (χ4v) is 3.01. The molecular formula is C19H24N4S. The monoisotopic (exact) mass is 340 g/mol. The SMILES string of the molecule is CN1CCN(Cc2ccc(NC(=S)Nc3ccccc3)cc2)CC1. The van der Waals surface area contributed by atoms with Gasteiger partial charge in [-0.25, -0.2) is 0 Å². The van der Waals surface area contributed by atoms with E-state index in [-0.39, 0.29) is 0 Å². The average molecular weight is 340 g/mol. The summed E-state index contributed by atoms with van der Waals surface area (Å²) in [5.41, 5.74) is 3.33. The Labute approximate surface area is 149 Å². The van der Waals surface area contributed by atoms with Crippen LogP contribution in [0.1, 0.15) is 5.56 Å². The van der Waals surface area contributed by atoms with Crippen LogP contribution in [0.25, 0.3) is 0 Å². The first-order valence-electron chi connectivity index (χ1n) is 8.32. The molecule has 24 heavy (non-hydrogen) atoms. The molecule has 2 aromatic rings. The number of hydrogen-bond acceptors (Lipinski definition) is 3. The molecule has 1 heterocycles. The van der Waals surface area contributed by atoms with Crippen LogP contribution in [-0.4, -0.2) is 48.1 Å². The normalized spacial score (nSPS) is 15.9. The van der Waals surface area contributed by atoms with E-state index in [1.807, 2.05) is 30.3 Å². The fourth-order valence-electron chi connectivity index (χ4n) is 2.77. The summed E-state index contributed by atoms with van der Waals surface area (Å²) in [4.78, 5) is 4.88. The second-order valence-electron chi connectivity index (χ2n) is 6.22. The molecule has 0 spiro atoms. The quantitative estimate of drug-likeness (QED) is 0.835. The van der Waals surface area contributed by atoms with Gasteiger partial charge in [0.05, 0.1) is 0 Å². The van der Waals surface area contributed by atoms with E-state index in [0.29, 0.717) is 5.11 Å². The number of piperazine rings is 1. The molecule has 3 rings (SSSR count). The van der Waals surface area contributed by atoms with E-state index in [2.05, 4.69) is 51.7 Å². The zero-order valence-corrected chi connectivity index (χ0v) is 14.9. The Morgan fingerprint density at radius 3 is 2.08 bits per heavy atom. The zero-order valence-electron chi connectivity index (χ0n) is 14.0. The maximum Gasteiger partial charge on any atom is 0.175 e. The number of anilines is 2. The van der Waals surface area contributed by atoms with Gasteiger partial charge in [0.2, 0.25) is 0 Å². The van der Waals surface area contributed by atoms with Crippen LogP contribution in [0.4, 0.5) is 11.4 Å². The summed E-state index contributed by atoms with van der Waals surface area (Å²) in [6.07, 6.45) is 0. The van der Waals surface area contributed by atoms with Gasteiger partial charge in [0.1, 0.15) is 0 Å². The molecule has 4 nitrogen and oxygen atoms in total. The maximum atomic E-state index is 5.36. The van der Waals surface area contributed by atoms with Crippen molar-refractivity contribution in [2.45, 2.75) is 6.54 Å². The Kier molecular flexibility index (Phi) is 5.80. The van der Waals surface area contributed by atoms with Crippen molar-refractivity contribution in [2.24, 2.45) is 0 Å². The van der Waals surface area contributed by atoms with Gasteiger partial charge < -0.3 is 15.5 Å². The third-order valence-electron chi connectivity index (χ3n) is 4.25. The van der Waals surface area contributed by atoms with Crippen LogP contribution >= 0.6 is 12.2 Å². The van der Waals surface area contributed by atoms with E-state index in [1.165, 1.54) is 5.56 Å². The Bertz CT molecular complexity index is 649. The van der Waals surface area contributed by atoms with E-state index < -0.39 is 0 Å². The summed E-state index contributed by atoms with van der Waals surface area (Å²) in [7, 11) is 2.18. The van der Waals surface area contributed by atoms with Crippen molar-refractivity contribution in [3.63, 3.8) is 0 Å². The van der Waals surface area contributed by atoms with Gasteiger partial charge in [-0.15, -0.1) is 0 Å². The number of benzene rings is 2. The van der Waals surface area contributed by atoms with E-state index in [9.17, 15) is 0 Å². The molecule has 126 valence electrons. The van der Waals surface area contributed by atoms with E-state index >= 15 is 0 Å². The standard InChI is InChI=1S/C19H24N4S/c1-22-11-13-23(14-12-22)15-16-7-9-18(10-8-16)21-19(24)20-17-5-3-2-4-6-17/h2-10H,11-15H2,1H3,(H2,20,21,24). The van der Waals surface area contributed by atoms with Crippen LogP contribution in [0.3, 0.4) is 0 Å². The van der Waals surface area contributed by atoms with Crippen LogP contribution < -0.4 is 10.6 Å². The number of likely N-dealkylation sites (N-methyl/N-ethyl adjacent to an activating group) is 1. The Morgan fingerprint density at radius 2 is 1.46 bits per heavy atom. The van der Waals surface area contributed by atoms with Crippen LogP contribution in [0.2, 0.25) is 0 Å². The molecule has 0 aromatic heterocycles. The van der Waals surface area contributed by atoms with Gasteiger partial charge in [-0.2, -0.15) is 0 Å². The molecule has 0 radical (unpaired) electrons. The summed E-state index contributed by atoms with van der Waals surface area (Å²) < 4.78 is 0. The highest BCUT2D eigenvalue weighted by molar-refractivity contribution is 7.80. The molecule has 2 aromatic carbocycles. The third-order valence-corrected chi connectivity index (χ3v) is 4.45. The van der Waals surface area contributed by atoms with E-state index in [4.69, 9.17) is 12.2 Å². The highest BCUT2D eigenvalue weighted by Gasteiger charge is 2.13. The van der Waals surface area contributed by atoms with Crippen molar-refractivity contribution in [1.82, 2.24) is 9.80 Å². The zero-order chi connectivity index (χ0) is 16.8. The van der Waals surface area contributed by atoms with Gasteiger partial charge in [-0.05, 0) is 49.1 Å². The minimum atomic E-state index is 0.605. The second-order valence-corrected chi connectivity index (χ2v) is 6.63. The summed E-state index contributed by atoms with van der Waals surface area (Å²) in [6.45, 7) is 5.60. The van der Waals surface area contributed by atoms with Gasteiger partial charge in [-0.1, -0.05) is 30.3 Å².